The van der Waals surface area contributed by atoms with Crippen LogP contribution in [0.2, 0.25) is 5.02 Å². The van der Waals surface area contributed by atoms with Gasteiger partial charge in [-0.25, -0.2) is 4.39 Å². The summed E-state index contributed by atoms with van der Waals surface area (Å²) >= 11 is 8.93. The van der Waals surface area contributed by atoms with Gasteiger partial charge in [0.25, 0.3) is 0 Å². The van der Waals surface area contributed by atoms with E-state index in [1.807, 2.05) is 19.1 Å². The van der Waals surface area contributed by atoms with Gasteiger partial charge in [-0.1, -0.05) is 11.6 Å². The number of halogens is 3. The molecule has 18 heavy (non-hydrogen) atoms. The molecule has 0 unspecified atom stereocenters. The summed E-state index contributed by atoms with van der Waals surface area (Å²) in [5, 5.41) is 0.0398. The summed E-state index contributed by atoms with van der Waals surface area (Å²) in [6.07, 6.45) is 0. The molecule has 0 fully saturated rings. The predicted molar refractivity (Wildman–Crippen MR) is 74.8 cm³/mol. The largest absolute Gasteiger partial charge is 0.456 e. The summed E-state index contributed by atoms with van der Waals surface area (Å²) in [6.45, 7) is 1.90. The Balaban J connectivity index is 2.36. The number of ether oxygens (including phenoxy) is 1. The fraction of sp³-hybridized carbons (Fsp3) is 0.0769. The van der Waals surface area contributed by atoms with E-state index in [-0.39, 0.29) is 5.02 Å². The molecule has 0 atom stereocenters. The lowest BCUT2D eigenvalue weighted by atomic mass is 10.2. The van der Waals surface area contributed by atoms with E-state index in [2.05, 4.69) is 15.9 Å². The second kappa shape index (κ2) is 5.16. The maximum atomic E-state index is 13.4. The van der Waals surface area contributed by atoms with E-state index in [0.717, 1.165) is 5.56 Å². The van der Waals surface area contributed by atoms with Crippen molar-refractivity contribution in [3.05, 3.63) is 51.2 Å². The second-order valence-electron chi connectivity index (χ2n) is 3.88. The molecule has 0 radical (unpaired) electrons. The van der Waals surface area contributed by atoms with Gasteiger partial charge in [0.15, 0.2) is 0 Å². The Morgan fingerprint density at radius 3 is 2.61 bits per heavy atom. The molecule has 0 amide bonds. The first-order valence-electron chi connectivity index (χ1n) is 5.15. The zero-order valence-electron chi connectivity index (χ0n) is 9.51. The summed E-state index contributed by atoms with van der Waals surface area (Å²) in [7, 11) is 0. The minimum Gasteiger partial charge on any atom is -0.456 e. The molecule has 0 bridgehead atoms. The molecule has 0 aromatic heterocycles. The number of rotatable bonds is 2. The highest BCUT2D eigenvalue weighted by molar-refractivity contribution is 9.10. The minimum absolute atomic E-state index is 0.0398. The van der Waals surface area contributed by atoms with Gasteiger partial charge in [-0.15, -0.1) is 0 Å². The van der Waals surface area contributed by atoms with Gasteiger partial charge in [-0.3, -0.25) is 0 Å². The summed E-state index contributed by atoms with van der Waals surface area (Å²) in [5.41, 5.74) is 7.28. The van der Waals surface area contributed by atoms with Crippen LogP contribution in [0.3, 0.4) is 0 Å². The average molecular weight is 331 g/mol. The monoisotopic (exact) mass is 329 g/mol. The SMILES string of the molecule is Cc1cc(N)cc(Oc2cc(F)c(Cl)cc2Br)c1. The predicted octanol–water partition coefficient (Wildman–Crippen LogP) is 4.92. The van der Waals surface area contributed by atoms with Crippen molar-refractivity contribution in [2.24, 2.45) is 0 Å². The Kier molecular flexibility index (Phi) is 3.78. The highest BCUT2D eigenvalue weighted by Gasteiger charge is 2.09. The molecule has 0 heterocycles. The zero-order valence-corrected chi connectivity index (χ0v) is 11.8. The number of nitrogen functional groups attached to an aromatic ring is 1. The first-order chi connectivity index (χ1) is 8.45. The number of anilines is 1. The summed E-state index contributed by atoms with van der Waals surface area (Å²) in [4.78, 5) is 0. The summed E-state index contributed by atoms with van der Waals surface area (Å²) in [5.74, 6) is 0.368. The van der Waals surface area contributed by atoms with Gasteiger partial charge in [-0.05, 0) is 46.6 Å². The molecule has 0 saturated heterocycles. The Labute approximate surface area is 118 Å². The molecule has 0 aliphatic heterocycles. The Bertz CT molecular complexity index is 584. The molecule has 2 aromatic rings. The van der Waals surface area contributed by atoms with Gasteiger partial charge in [0.05, 0.1) is 9.50 Å². The Morgan fingerprint density at radius 2 is 1.94 bits per heavy atom. The van der Waals surface area contributed by atoms with Crippen LogP contribution in [-0.2, 0) is 0 Å². The average Bonchev–Trinajstić information content (AvgIpc) is 2.24. The molecule has 0 aliphatic rings. The smallest absolute Gasteiger partial charge is 0.145 e. The van der Waals surface area contributed by atoms with Crippen molar-refractivity contribution in [3.63, 3.8) is 0 Å². The zero-order chi connectivity index (χ0) is 13.3. The first-order valence-corrected chi connectivity index (χ1v) is 6.32. The van der Waals surface area contributed by atoms with Crippen molar-refractivity contribution in [2.75, 3.05) is 5.73 Å². The third-order valence-corrected chi connectivity index (χ3v) is 3.19. The van der Waals surface area contributed by atoms with Crippen LogP contribution in [0.1, 0.15) is 5.56 Å². The third kappa shape index (κ3) is 2.94. The van der Waals surface area contributed by atoms with Crippen molar-refractivity contribution < 1.29 is 9.13 Å². The van der Waals surface area contributed by atoms with Crippen LogP contribution in [0.5, 0.6) is 11.5 Å². The molecule has 5 heteroatoms. The summed E-state index contributed by atoms with van der Waals surface area (Å²) < 4.78 is 19.5. The number of aryl methyl sites for hydroxylation is 1. The number of hydrogen-bond acceptors (Lipinski definition) is 2. The van der Waals surface area contributed by atoms with Crippen LogP contribution >= 0.6 is 27.5 Å². The maximum Gasteiger partial charge on any atom is 0.145 e. The molecule has 2 nitrogen and oxygen atoms in total. The lowest BCUT2D eigenvalue weighted by molar-refractivity contribution is 0.473. The van der Waals surface area contributed by atoms with E-state index >= 15 is 0 Å². The van der Waals surface area contributed by atoms with Gasteiger partial charge in [0.1, 0.15) is 17.3 Å². The maximum absolute atomic E-state index is 13.4. The van der Waals surface area contributed by atoms with Gasteiger partial charge in [0.2, 0.25) is 0 Å². The molecule has 0 aliphatic carbocycles. The van der Waals surface area contributed by atoms with Crippen molar-refractivity contribution >= 4 is 33.2 Å². The number of nitrogens with two attached hydrogens (primary N) is 1. The van der Waals surface area contributed by atoms with Crippen LogP contribution < -0.4 is 10.5 Å². The van der Waals surface area contributed by atoms with E-state index in [4.69, 9.17) is 22.1 Å². The van der Waals surface area contributed by atoms with Gasteiger partial charge in [0, 0.05) is 17.8 Å². The normalized spacial score (nSPS) is 10.4. The first kappa shape index (κ1) is 13.2. The second-order valence-corrected chi connectivity index (χ2v) is 5.14. The molecule has 0 saturated carbocycles. The van der Waals surface area contributed by atoms with Crippen molar-refractivity contribution in [1.29, 1.82) is 0 Å². The van der Waals surface area contributed by atoms with Crippen LogP contribution in [0.4, 0.5) is 10.1 Å². The number of hydrogen-bond donors (Lipinski definition) is 1. The van der Waals surface area contributed by atoms with Crippen LogP contribution in [0.15, 0.2) is 34.8 Å². The number of benzene rings is 2. The fourth-order valence-corrected chi connectivity index (χ4v) is 2.26. The van der Waals surface area contributed by atoms with Crippen LogP contribution in [-0.4, -0.2) is 0 Å². The Morgan fingerprint density at radius 1 is 1.22 bits per heavy atom. The van der Waals surface area contributed by atoms with Crippen LogP contribution in [0.25, 0.3) is 0 Å². The van der Waals surface area contributed by atoms with E-state index in [1.165, 1.54) is 12.1 Å². The molecule has 2 aromatic carbocycles. The lowest BCUT2D eigenvalue weighted by Gasteiger charge is -2.10. The van der Waals surface area contributed by atoms with Crippen molar-refractivity contribution in [3.8, 4) is 11.5 Å². The van der Waals surface area contributed by atoms with Gasteiger partial charge >= 0.3 is 0 Å². The standard InChI is InChI=1S/C13H10BrClFNO/c1-7-2-8(17)4-9(3-7)18-13-6-12(16)11(15)5-10(13)14/h2-6H,17H2,1H3. The van der Waals surface area contributed by atoms with Crippen molar-refractivity contribution in [1.82, 2.24) is 0 Å². The fourth-order valence-electron chi connectivity index (χ4n) is 1.54. The minimum atomic E-state index is -0.532. The van der Waals surface area contributed by atoms with Gasteiger partial charge in [-0.2, -0.15) is 0 Å². The third-order valence-electron chi connectivity index (χ3n) is 2.28. The lowest BCUT2D eigenvalue weighted by Crippen LogP contribution is -1.91. The van der Waals surface area contributed by atoms with E-state index in [0.29, 0.717) is 21.7 Å². The van der Waals surface area contributed by atoms with Crippen LogP contribution in [0, 0.1) is 12.7 Å². The molecule has 2 rings (SSSR count). The Hall–Kier alpha value is -1.26. The molecule has 0 spiro atoms. The quantitative estimate of drug-likeness (QED) is 0.626. The topological polar surface area (TPSA) is 35.2 Å². The highest BCUT2D eigenvalue weighted by atomic mass is 79.9. The molecule has 2 N–H and O–H groups in total. The highest BCUT2D eigenvalue weighted by Crippen LogP contribution is 2.34. The van der Waals surface area contributed by atoms with E-state index in [1.54, 1.807) is 6.07 Å². The van der Waals surface area contributed by atoms with E-state index < -0.39 is 5.82 Å². The van der Waals surface area contributed by atoms with Crippen molar-refractivity contribution in [2.45, 2.75) is 6.92 Å². The van der Waals surface area contributed by atoms with Gasteiger partial charge < -0.3 is 10.5 Å². The molecular formula is C13H10BrClFNO. The molecular weight excluding hydrogens is 321 g/mol. The summed E-state index contributed by atoms with van der Waals surface area (Å²) in [6, 6.07) is 7.99. The molecule has 94 valence electrons. The van der Waals surface area contributed by atoms with E-state index in [9.17, 15) is 4.39 Å².